The number of Topliss-reactive ketones (excluding diaryl/α,β-unsaturated/α-hetero) is 1. The number of aliphatic hydroxyl groups is 1. The van der Waals surface area contributed by atoms with Crippen LogP contribution in [0.5, 0.6) is 0 Å². The van der Waals surface area contributed by atoms with Gasteiger partial charge in [-0.2, -0.15) is 0 Å². The topological polar surface area (TPSA) is 37.3 Å². The van der Waals surface area contributed by atoms with Crippen LogP contribution in [0.3, 0.4) is 0 Å². The number of rotatable bonds is 1. The quantitative estimate of drug-likeness (QED) is 0.852. The first-order valence-corrected chi connectivity index (χ1v) is 8.04. The first-order valence-electron chi connectivity index (χ1n) is 8.04. The summed E-state index contributed by atoms with van der Waals surface area (Å²) < 4.78 is 0. The van der Waals surface area contributed by atoms with E-state index < -0.39 is 5.41 Å². The van der Waals surface area contributed by atoms with E-state index in [4.69, 9.17) is 0 Å². The molecule has 2 atom stereocenters. The van der Waals surface area contributed by atoms with Crippen molar-refractivity contribution in [2.75, 3.05) is 6.61 Å². The summed E-state index contributed by atoms with van der Waals surface area (Å²) in [5.74, 6) is 0.573. The highest BCUT2D eigenvalue weighted by atomic mass is 16.3. The Balaban J connectivity index is 1.85. The molecule has 3 aliphatic carbocycles. The van der Waals surface area contributed by atoms with Crippen LogP contribution in [0.1, 0.15) is 60.3 Å². The predicted molar refractivity (Wildman–Crippen MR) is 77.9 cm³/mol. The van der Waals surface area contributed by atoms with E-state index in [9.17, 15) is 9.90 Å². The molecule has 1 aromatic carbocycles. The maximum atomic E-state index is 12.3. The van der Waals surface area contributed by atoms with E-state index in [1.54, 1.807) is 5.56 Å². The lowest BCUT2D eigenvalue weighted by Crippen LogP contribution is -2.39. The van der Waals surface area contributed by atoms with Gasteiger partial charge >= 0.3 is 0 Å². The van der Waals surface area contributed by atoms with E-state index >= 15 is 0 Å². The molecule has 0 unspecified atom stereocenters. The highest BCUT2D eigenvalue weighted by Crippen LogP contribution is 2.54. The molecule has 0 amide bonds. The Bertz CT molecular complexity index is 575. The molecule has 106 valence electrons. The van der Waals surface area contributed by atoms with E-state index in [2.05, 4.69) is 12.1 Å². The Labute approximate surface area is 120 Å². The Morgan fingerprint density at radius 3 is 2.80 bits per heavy atom. The van der Waals surface area contributed by atoms with Crippen LogP contribution in [0.25, 0.3) is 0 Å². The first-order chi connectivity index (χ1) is 9.76. The Hall–Kier alpha value is -1.15. The van der Waals surface area contributed by atoms with Gasteiger partial charge in [0.25, 0.3) is 0 Å². The summed E-state index contributed by atoms with van der Waals surface area (Å²) in [4.78, 5) is 12.3. The van der Waals surface area contributed by atoms with Crippen LogP contribution in [0.15, 0.2) is 12.1 Å². The Morgan fingerprint density at radius 1 is 1.10 bits per heavy atom. The lowest BCUT2D eigenvalue weighted by molar-refractivity contribution is -0.129. The Morgan fingerprint density at radius 2 is 1.95 bits per heavy atom. The maximum Gasteiger partial charge on any atom is 0.141 e. The predicted octanol–water partition coefficient (Wildman–Crippen LogP) is 2.94. The molecule has 4 rings (SSSR count). The van der Waals surface area contributed by atoms with E-state index in [1.165, 1.54) is 42.4 Å². The third-order valence-corrected chi connectivity index (χ3v) is 6.05. The van der Waals surface area contributed by atoms with Crippen LogP contribution in [0.4, 0.5) is 0 Å². The van der Waals surface area contributed by atoms with Crippen molar-refractivity contribution in [2.24, 2.45) is 5.41 Å². The number of ketones is 1. The molecular formula is C18H22O2. The van der Waals surface area contributed by atoms with Crippen molar-refractivity contribution in [2.45, 2.75) is 57.3 Å². The molecule has 0 spiro atoms. The van der Waals surface area contributed by atoms with Gasteiger partial charge in [-0.05, 0) is 73.1 Å². The number of benzene rings is 1. The van der Waals surface area contributed by atoms with Gasteiger partial charge in [0.2, 0.25) is 0 Å². The van der Waals surface area contributed by atoms with Crippen molar-refractivity contribution >= 4 is 5.78 Å². The van der Waals surface area contributed by atoms with E-state index in [-0.39, 0.29) is 12.5 Å². The van der Waals surface area contributed by atoms with Gasteiger partial charge < -0.3 is 5.11 Å². The molecule has 0 radical (unpaired) electrons. The van der Waals surface area contributed by atoms with Crippen LogP contribution in [-0.4, -0.2) is 17.5 Å². The summed E-state index contributed by atoms with van der Waals surface area (Å²) >= 11 is 0. The molecule has 3 aliphatic rings. The zero-order chi connectivity index (χ0) is 13.7. The molecule has 2 nitrogen and oxygen atoms in total. The van der Waals surface area contributed by atoms with Crippen molar-refractivity contribution in [1.29, 1.82) is 0 Å². The molecule has 0 saturated heterocycles. The second kappa shape index (κ2) is 4.42. The lowest BCUT2D eigenvalue weighted by atomic mass is 9.64. The zero-order valence-corrected chi connectivity index (χ0v) is 12.0. The number of carbonyl (C=O) groups is 1. The first kappa shape index (κ1) is 12.6. The summed E-state index contributed by atoms with van der Waals surface area (Å²) in [6.07, 6.45) is 8.49. The fourth-order valence-corrected chi connectivity index (χ4v) is 4.93. The van der Waals surface area contributed by atoms with Crippen LogP contribution < -0.4 is 0 Å². The second-order valence-corrected chi connectivity index (χ2v) is 6.81. The molecule has 1 N–H and O–H groups in total. The Kier molecular flexibility index (Phi) is 2.78. The number of aryl methyl sites for hydroxylation is 1. The van der Waals surface area contributed by atoms with Crippen LogP contribution >= 0.6 is 0 Å². The van der Waals surface area contributed by atoms with Gasteiger partial charge in [-0.15, -0.1) is 0 Å². The number of carbonyl (C=O) groups excluding carboxylic acids is 1. The highest BCUT2D eigenvalue weighted by Gasteiger charge is 2.52. The summed E-state index contributed by atoms with van der Waals surface area (Å²) in [5.41, 5.74) is 5.59. The van der Waals surface area contributed by atoms with Crippen molar-refractivity contribution in [3.63, 3.8) is 0 Å². The number of aliphatic hydroxyl groups excluding tert-OH is 1. The molecule has 0 bridgehead atoms. The van der Waals surface area contributed by atoms with E-state index in [1.807, 2.05) is 0 Å². The van der Waals surface area contributed by atoms with Crippen molar-refractivity contribution in [1.82, 2.24) is 0 Å². The van der Waals surface area contributed by atoms with Gasteiger partial charge in [-0.25, -0.2) is 0 Å². The van der Waals surface area contributed by atoms with Crippen molar-refractivity contribution < 1.29 is 9.90 Å². The zero-order valence-electron chi connectivity index (χ0n) is 12.0. The summed E-state index contributed by atoms with van der Waals surface area (Å²) in [6.45, 7) is 0.0347. The molecule has 1 aromatic rings. The minimum atomic E-state index is -0.449. The molecule has 1 fully saturated rings. The fraction of sp³-hybridized carbons (Fsp3) is 0.611. The van der Waals surface area contributed by atoms with Gasteiger partial charge in [0.1, 0.15) is 5.78 Å². The van der Waals surface area contributed by atoms with Gasteiger partial charge in [0.05, 0.1) is 12.0 Å². The summed E-state index contributed by atoms with van der Waals surface area (Å²) in [5, 5.41) is 9.87. The average Bonchev–Trinajstić information content (AvgIpc) is 2.85. The molecule has 0 aliphatic heterocycles. The average molecular weight is 270 g/mol. The van der Waals surface area contributed by atoms with Crippen LogP contribution in [0, 0.1) is 5.41 Å². The SMILES string of the molecule is O=C1CC[C@H]2c3ccc4c(c3CC[C@]12CO)CCCC4. The monoisotopic (exact) mass is 270 g/mol. The lowest BCUT2D eigenvalue weighted by Gasteiger charge is -2.39. The molecule has 0 heterocycles. The van der Waals surface area contributed by atoms with Gasteiger partial charge in [-0.1, -0.05) is 12.1 Å². The highest BCUT2D eigenvalue weighted by molar-refractivity contribution is 5.89. The third-order valence-electron chi connectivity index (χ3n) is 6.05. The van der Waals surface area contributed by atoms with Crippen LogP contribution in [-0.2, 0) is 24.1 Å². The standard InChI is InChI=1S/C18H22O2/c19-11-18-10-9-14-13-4-2-1-3-12(13)5-6-15(14)16(18)7-8-17(18)20/h5-6,16,19H,1-4,7-11H2/t16-,18+/m0/s1. The maximum absolute atomic E-state index is 12.3. The van der Waals surface area contributed by atoms with E-state index in [0.29, 0.717) is 12.2 Å². The van der Waals surface area contributed by atoms with Gasteiger partial charge in [0, 0.05) is 6.42 Å². The number of hydrogen-bond donors (Lipinski definition) is 1. The molecule has 1 saturated carbocycles. The smallest absolute Gasteiger partial charge is 0.141 e. The van der Waals surface area contributed by atoms with Crippen LogP contribution in [0.2, 0.25) is 0 Å². The number of hydrogen-bond acceptors (Lipinski definition) is 2. The number of fused-ring (bicyclic) bond motifs is 5. The minimum absolute atomic E-state index is 0.0347. The molecule has 0 aromatic heterocycles. The third kappa shape index (κ3) is 1.52. The second-order valence-electron chi connectivity index (χ2n) is 6.81. The molecular weight excluding hydrogens is 248 g/mol. The van der Waals surface area contributed by atoms with Crippen molar-refractivity contribution in [3.8, 4) is 0 Å². The summed E-state index contributed by atoms with van der Waals surface area (Å²) in [6, 6.07) is 4.57. The van der Waals surface area contributed by atoms with Crippen molar-refractivity contribution in [3.05, 3.63) is 34.4 Å². The molecule has 20 heavy (non-hydrogen) atoms. The normalized spacial score (nSPS) is 31.6. The van der Waals surface area contributed by atoms with E-state index in [0.717, 1.165) is 19.3 Å². The van der Waals surface area contributed by atoms with Gasteiger partial charge in [0.15, 0.2) is 0 Å². The largest absolute Gasteiger partial charge is 0.395 e. The van der Waals surface area contributed by atoms with Gasteiger partial charge in [-0.3, -0.25) is 4.79 Å². The minimum Gasteiger partial charge on any atom is -0.395 e. The molecule has 2 heteroatoms. The summed E-state index contributed by atoms with van der Waals surface area (Å²) in [7, 11) is 0. The fourth-order valence-electron chi connectivity index (χ4n) is 4.93.